The maximum atomic E-state index is 12.3. The van der Waals surface area contributed by atoms with Crippen LogP contribution in [0, 0.1) is 6.92 Å². The minimum absolute atomic E-state index is 0.179. The first-order chi connectivity index (χ1) is 12.1. The van der Waals surface area contributed by atoms with Crippen molar-refractivity contribution in [3.8, 4) is 5.88 Å². The van der Waals surface area contributed by atoms with Crippen LogP contribution in [-0.4, -0.2) is 46.5 Å². The molecule has 1 amide bonds. The smallest absolute Gasteiger partial charge is 0.253 e. The molecule has 3 rings (SSSR count). The van der Waals surface area contributed by atoms with Crippen molar-refractivity contribution in [2.24, 2.45) is 0 Å². The predicted octanol–water partition coefficient (Wildman–Crippen LogP) is 1.89. The van der Waals surface area contributed by atoms with Crippen molar-refractivity contribution < 1.29 is 9.53 Å². The Morgan fingerprint density at radius 1 is 1.36 bits per heavy atom. The highest BCUT2D eigenvalue weighted by Crippen LogP contribution is 2.31. The maximum absolute atomic E-state index is 12.3. The van der Waals surface area contributed by atoms with Gasteiger partial charge >= 0.3 is 0 Å². The Bertz CT molecular complexity index is 748. The van der Waals surface area contributed by atoms with E-state index in [2.05, 4.69) is 32.2 Å². The Morgan fingerprint density at radius 2 is 2.20 bits per heavy atom. The number of amides is 1. The molecule has 1 aliphatic rings. The maximum Gasteiger partial charge on any atom is 0.253 e. The van der Waals surface area contributed by atoms with E-state index >= 15 is 0 Å². The standard InChI is InChI=1S/C18H23N5O2/c1-12-19-10-14(17(22-12)15-5-4-8-23(15)2)11-21-18(24)13-6-7-16(25-3)20-9-13/h6-7,9-10,15H,4-5,8,11H2,1-3H3,(H,21,24)/t15-/m0/s1. The molecule has 25 heavy (non-hydrogen) atoms. The van der Waals surface area contributed by atoms with Gasteiger partial charge in [-0.25, -0.2) is 15.0 Å². The van der Waals surface area contributed by atoms with Crippen LogP contribution in [0.25, 0.3) is 0 Å². The van der Waals surface area contributed by atoms with Gasteiger partial charge in [-0.2, -0.15) is 0 Å². The van der Waals surface area contributed by atoms with Gasteiger partial charge in [0.2, 0.25) is 5.88 Å². The van der Waals surface area contributed by atoms with Crippen LogP contribution < -0.4 is 10.1 Å². The van der Waals surface area contributed by atoms with E-state index in [9.17, 15) is 4.79 Å². The van der Waals surface area contributed by atoms with Crippen LogP contribution in [0.2, 0.25) is 0 Å². The summed E-state index contributed by atoms with van der Waals surface area (Å²) < 4.78 is 5.01. The molecule has 1 aliphatic heterocycles. The number of carbonyl (C=O) groups excluding carboxylic acids is 1. The zero-order chi connectivity index (χ0) is 17.8. The first-order valence-electron chi connectivity index (χ1n) is 8.39. The van der Waals surface area contributed by atoms with Gasteiger partial charge in [-0.05, 0) is 39.4 Å². The summed E-state index contributed by atoms with van der Waals surface area (Å²) in [5.41, 5.74) is 2.47. The van der Waals surface area contributed by atoms with Gasteiger partial charge in [0, 0.05) is 30.6 Å². The Morgan fingerprint density at radius 3 is 2.84 bits per heavy atom. The third-order valence-electron chi connectivity index (χ3n) is 4.50. The average molecular weight is 341 g/mol. The van der Waals surface area contributed by atoms with Gasteiger partial charge in [0.1, 0.15) is 5.82 Å². The number of pyridine rings is 1. The van der Waals surface area contributed by atoms with Crippen LogP contribution in [0.5, 0.6) is 5.88 Å². The fraction of sp³-hybridized carbons (Fsp3) is 0.444. The van der Waals surface area contributed by atoms with Crippen LogP contribution in [-0.2, 0) is 6.54 Å². The summed E-state index contributed by atoms with van der Waals surface area (Å²) in [5, 5.41) is 2.93. The first-order valence-corrected chi connectivity index (χ1v) is 8.39. The normalized spacial score (nSPS) is 17.5. The van der Waals surface area contributed by atoms with Crippen molar-refractivity contribution in [3.05, 3.63) is 47.2 Å². The van der Waals surface area contributed by atoms with Crippen LogP contribution >= 0.6 is 0 Å². The number of hydrogen-bond acceptors (Lipinski definition) is 6. The quantitative estimate of drug-likeness (QED) is 0.894. The topological polar surface area (TPSA) is 80.2 Å². The van der Waals surface area contributed by atoms with Crippen LogP contribution in [0.15, 0.2) is 24.5 Å². The molecule has 0 aromatic carbocycles. The number of methoxy groups -OCH3 is 1. The average Bonchev–Trinajstić information content (AvgIpc) is 3.06. The molecule has 1 atom stereocenters. The highest BCUT2D eigenvalue weighted by molar-refractivity contribution is 5.93. The minimum atomic E-state index is -0.179. The summed E-state index contributed by atoms with van der Waals surface area (Å²) in [6, 6.07) is 3.65. The molecule has 0 spiro atoms. The van der Waals surface area contributed by atoms with Crippen molar-refractivity contribution in [2.75, 3.05) is 20.7 Å². The number of ether oxygens (including phenoxy) is 1. The van der Waals surface area contributed by atoms with Gasteiger partial charge in [-0.1, -0.05) is 0 Å². The summed E-state index contributed by atoms with van der Waals surface area (Å²) in [4.78, 5) is 27.7. The third kappa shape index (κ3) is 3.93. The van der Waals surface area contributed by atoms with Crippen LogP contribution in [0.3, 0.4) is 0 Å². The lowest BCUT2D eigenvalue weighted by atomic mass is 10.1. The Labute approximate surface area is 147 Å². The second kappa shape index (κ2) is 7.57. The van der Waals surface area contributed by atoms with Crippen LogP contribution in [0.4, 0.5) is 0 Å². The SMILES string of the molecule is COc1ccc(C(=O)NCc2cnc(C)nc2[C@@H]2CCCN2C)cn1. The number of aryl methyl sites for hydroxylation is 1. The van der Waals surface area contributed by atoms with Crippen LogP contribution in [0.1, 0.15) is 46.3 Å². The van der Waals surface area contributed by atoms with Gasteiger partial charge in [0.05, 0.1) is 24.4 Å². The van der Waals surface area contributed by atoms with Crippen molar-refractivity contribution in [1.29, 1.82) is 0 Å². The summed E-state index contributed by atoms with van der Waals surface area (Å²) >= 11 is 0. The first kappa shape index (κ1) is 17.3. The van der Waals surface area contributed by atoms with E-state index in [1.165, 1.54) is 6.20 Å². The zero-order valence-electron chi connectivity index (χ0n) is 14.8. The number of carbonyl (C=O) groups is 1. The van der Waals surface area contributed by atoms with E-state index in [0.29, 0.717) is 18.0 Å². The van der Waals surface area contributed by atoms with E-state index < -0.39 is 0 Å². The van der Waals surface area contributed by atoms with Gasteiger partial charge in [-0.15, -0.1) is 0 Å². The molecular weight excluding hydrogens is 318 g/mol. The second-order valence-corrected chi connectivity index (χ2v) is 6.24. The molecule has 0 bridgehead atoms. The number of aromatic nitrogens is 3. The molecule has 0 radical (unpaired) electrons. The monoisotopic (exact) mass is 341 g/mol. The summed E-state index contributed by atoms with van der Waals surface area (Å²) in [7, 11) is 3.65. The number of nitrogens with one attached hydrogen (secondary N) is 1. The van der Waals surface area contributed by atoms with Gasteiger partial charge in [0.25, 0.3) is 5.91 Å². The van der Waals surface area contributed by atoms with Crippen molar-refractivity contribution in [1.82, 2.24) is 25.2 Å². The minimum Gasteiger partial charge on any atom is -0.481 e. The molecule has 1 fully saturated rings. The van der Waals surface area contributed by atoms with E-state index in [1.54, 1.807) is 19.2 Å². The molecule has 1 saturated heterocycles. The van der Waals surface area contributed by atoms with Gasteiger partial charge in [0.15, 0.2) is 0 Å². The van der Waals surface area contributed by atoms with Crippen molar-refractivity contribution >= 4 is 5.91 Å². The predicted molar refractivity (Wildman–Crippen MR) is 93.3 cm³/mol. The fourth-order valence-corrected chi connectivity index (χ4v) is 3.11. The molecular formula is C18H23N5O2. The summed E-state index contributed by atoms with van der Waals surface area (Å²) in [6.45, 7) is 3.35. The largest absolute Gasteiger partial charge is 0.481 e. The number of rotatable bonds is 5. The molecule has 7 nitrogen and oxygen atoms in total. The number of nitrogens with zero attached hydrogens (tertiary/aromatic N) is 4. The van der Waals surface area contributed by atoms with Gasteiger partial charge < -0.3 is 10.1 Å². The molecule has 3 heterocycles. The zero-order valence-corrected chi connectivity index (χ0v) is 14.8. The lowest BCUT2D eigenvalue weighted by Crippen LogP contribution is -2.26. The van der Waals surface area contributed by atoms with Crippen molar-refractivity contribution in [2.45, 2.75) is 32.4 Å². The van der Waals surface area contributed by atoms with E-state index in [0.717, 1.165) is 36.5 Å². The molecule has 0 aliphatic carbocycles. The number of hydrogen-bond donors (Lipinski definition) is 1. The molecule has 132 valence electrons. The summed E-state index contributed by atoms with van der Waals surface area (Å²) in [5.74, 6) is 1.06. The second-order valence-electron chi connectivity index (χ2n) is 6.24. The molecule has 7 heteroatoms. The lowest BCUT2D eigenvalue weighted by molar-refractivity contribution is 0.0950. The molecule has 0 unspecified atom stereocenters. The third-order valence-corrected chi connectivity index (χ3v) is 4.50. The Kier molecular flexibility index (Phi) is 5.23. The Hall–Kier alpha value is -2.54. The molecule has 0 saturated carbocycles. The highest BCUT2D eigenvalue weighted by Gasteiger charge is 2.26. The van der Waals surface area contributed by atoms with Crippen molar-refractivity contribution in [3.63, 3.8) is 0 Å². The van der Waals surface area contributed by atoms with E-state index in [4.69, 9.17) is 4.74 Å². The summed E-state index contributed by atoms with van der Waals surface area (Å²) in [6.07, 6.45) is 5.56. The highest BCUT2D eigenvalue weighted by atomic mass is 16.5. The molecule has 2 aromatic heterocycles. The van der Waals surface area contributed by atoms with E-state index in [1.807, 2.05) is 13.1 Å². The fourth-order valence-electron chi connectivity index (χ4n) is 3.11. The van der Waals surface area contributed by atoms with Gasteiger partial charge in [-0.3, -0.25) is 9.69 Å². The molecule has 2 aromatic rings. The number of likely N-dealkylation sites (tertiary alicyclic amines) is 1. The lowest BCUT2D eigenvalue weighted by Gasteiger charge is -2.21. The molecule has 1 N–H and O–H groups in total. The Balaban J connectivity index is 1.73. The van der Waals surface area contributed by atoms with E-state index in [-0.39, 0.29) is 11.9 Å².